The zero-order valence-corrected chi connectivity index (χ0v) is 11.0. The molecule has 1 N–H and O–H groups in total. The predicted octanol–water partition coefficient (Wildman–Crippen LogP) is 2.78. The number of hydrogen-bond acceptors (Lipinski definition) is 3. The highest BCUT2D eigenvalue weighted by molar-refractivity contribution is 5.93. The first-order chi connectivity index (χ1) is 9.76. The van der Waals surface area contributed by atoms with E-state index in [1.807, 2.05) is 0 Å². The lowest BCUT2D eigenvalue weighted by molar-refractivity contribution is -0.136. The van der Waals surface area contributed by atoms with Gasteiger partial charge in [-0.3, -0.25) is 4.79 Å². The smallest absolute Gasteiger partial charge is 0.390 e. The molecule has 0 aliphatic heterocycles. The molecule has 1 saturated carbocycles. The van der Waals surface area contributed by atoms with Crippen molar-refractivity contribution in [3.63, 3.8) is 0 Å². The number of nitrogens with zero attached hydrogens (tertiary/aromatic N) is 1. The standard InChI is InChI=1S/C13H14F3NO4/c14-13(15,16)5-6-17(7-8-1-2-8)11(18)9-3-4-10(21-9)12(19)20/h3-4,8H,1-2,5-7H2,(H,19,20). The molecule has 116 valence electrons. The molecule has 1 heterocycles. The number of carbonyl (C=O) groups is 2. The molecule has 21 heavy (non-hydrogen) atoms. The number of hydrogen-bond donors (Lipinski definition) is 1. The van der Waals surface area contributed by atoms with Crippen LogP contribution in [-0.4, -0.2) is 41.1 Å². The molecule has 0 spiro atoms. The summed E-state index contributed by atoms with van der Waals surface area (Å²) in [5.41, 5.74) is 0. The minimum absolute atomic E-state index is 0.219. The molecule has 0 aromatic carbocycles. The molecule has 0 unspecified atom stereocenters. The summed E-state index contributed by atoms with van der Waals surface area (Å²) in [5.74, 6) is -2.50. The molecule has 2 rings (SSSR count). The van der Waals surface area contributed by atoms with Gasteiger partial charge in [0, 0.05) is 13.1 Å². The van der Waals surface area contributed by atoms with E-state index >= 15 is 0 Å². The molecule has 1 amide bonds. The van der Waals surface area contributed by atoms with Gasteiger partial charge in [0.1, 0.15) is 0 Å². The zero-order chi connectivity index (χ0) is 15.6. The lowest BCUT2D eigenvalue weighted by Gasteiger charge is -2.22. The molecule has 1 aliphatic rings. The van der Waals surface area contributed by atoms with Crippen LogP contribution < -0.4 is 0 Å². The topological polar surface area (TPSA) is 70.8 Å². The third-order valence-corrected chi connectivity index (χ3v) is 3.16. The Kier molecular flexibility index (Phi) is 4.24. The molecule has 0 atom stereocenters. The average molecular weight is 305 g/mol. The highest BCUT2D eigenvalue weighted by Gasteiger charge is 2.33. The van der Waals surface area contributed by atoms with Crippen LogP contribution in [0.4, 0.5) is 13.2 Å². The Morgan fingerprint density at radius 3 is 2.38 bits per heavy atom. The van der Waals surface area contributed by atoms with Crippen LogP contribution in [0.15, 0.2) is 16.5 Å². The van der Waals surface area contributed by atoms with Crippen LogP contribution in [0.5, 0.6) is 0 Å². The predicted molar refractivity (Wildman–Crippen MR) is 65.0 cm³/mol. The molecule has 1 fully saturated rings. The summed E-state index contributed by atoms with van der Waals surface area (Å²) in [6.07, 6.45) is -3.68. The Morgan fingerprint density at radius 2 is 1.90 bits per heavy atom. The number of alkyl halides is 3. The second kappa shape index (κ2) is 5.79. The van der Waals surface area contributed by atoms with Crippen molar-refractivity contribution in [2.24, 2.45) is 5.92 Å². The van der Waals surface area contributed by atoms with Gasteiger partial charge in [-0.1, -0.05) is 0 Å². The van der Waals surface area contributed by atoms with Gasteiger partial charge >= 0.3 is 12.1 Å². The normalized spacial score (nSPS) is 15.0. The molecule has 0 radical (unpaired) electrons. The van der Waals surface area contributed by atoms with E-state index in [0.717, 1.165) is 23.8 Å². The van der Waals surface area contributed by atoms with Crippen LogP contribution in [0.1, 0.15) is 40.4 Å². The maximum absolute atomic E-state index is 12.3. The Labute approximate surface area is 118 Å². The lowest BCUT2D eigenvalue weighted by Crippen LogP contribution is -2.35. The van der Waals surface area contributed by atoms with Gasteiger partial charge < -0.3 is 14.4 Å². The molecular formula is C13H14F3NO4. The number of furan rings is 1. The van der Waals surface area contributed by atoms with Crippen molar-refractivity contribution >= 4 is 11.9 Å². The SMILES string of the molecule is O=C(O)c1ccc(C(=O)N(CCC(F)(F)F)CC2CC2)o1. The van der Waals surface area contributed by atoms with Gasteiger partial charge in [-0.25, -0.2) is 4.79 Å². The van der Waals surface area contributed by atoms with Crippen molar-refractivity contribution in [3.8, 4) is 0 Å². The van der Waals surface area contributed by atoms with Gasteiger partial charge in [0.25, 0.3) is 5.91 Å². The Morgan fingerprint density at radius 1 is 1.29 bits per heavy atom. The minimum atomic E-state index is -4.35. The maximum Gasteiger partial charge on any atom is 0.390 e. The van der Waals surface area contributed by atoms with Crippen LogP contribution in [0.3, 0.4) is 0 Å². The highest BCUT2D eigenvalue weighted by Crippen LogP contribution is 2.31. The number of carboxylic acid groups (broad SMARTS) is 1. The van der Waals surface area contributed by atoms with Crippen molar-refractivity contribution in [3.05, 3.63) is 23.7 Å². The van der Waals surface area contributed by atoms with Crippen molar-refractivity contribution in [2.75, 3.05) is 13.1 Å². The summed E-state index contributed by atoms with van der Waals surface area (Å²) in [7, 11) is 0. The number of halogens is 3. The maximum atomic E-state index is 12.3. The fourth-order valence-electron chi connectivity index (χ4n) is 1.87. The van der Waals surface area contributed by atoms with Crippen LogP contribution in [-0.2, 0) is 0 Å². The monoisotopic (exact) mass is 305 g/mol. The summed E-state index contributed by atoms with van der Waals surface area (Å²) in [6, 6.07) is 2.27. The van der Waals surface area contributed by atoms with Gasteiger partial charge in [0.2, 0.25) is 5.76 Å². The van der Waals surface area contributed by atoms with Crippen molar-refractivity contribution < 1.29 is 32.3 Å². The van der Waals surface area contributed by atoms with Gasteiger partial charge in [0.05, 0.1) is 6.42 Å². The molecule has 1 aliphatic carbocycles. The number of amides is 1. The Bertz CT molecular complexity index is 534. The summed E-state index contributed by atoms with van der Waals surface area (Å²) >= 11 is 0. The summed E-state index contributed by atoms with van der Waals surface area (Å²) in [4.78, 5) is 23.9. The van der Waals surface area contributed by atoms with Gasteiger partial charge in [0.15, 0.2) is 5.76 Å². The van der Waals surface area contributed by atoms with E-state index in [2.05, 4.69) is 0 Å². The Hall–Kier alpha value is -1.99. The minimum Gasteiger partial charge on any atom is -0.475 e. The third-order valence-electron chi connectivity index (χ3n) is 3.16. The van der Waals surface area contributed by atoms with Crippen LogP contribution >= 0.6 is 0 Å². The number of aromatic carboxylic acids is 1. The van der Waals surface area contributed by atoms with Gasteiger partial charge in [-0.15, -0.1) is 0 Å². The number of rotatable bonds is 6. The first kappa shape index (κ1) is 15.4. The number of carbonyl (C=O) groups excluding carboxylic acids is 1. The number of carboxylic acids is 1. The third kappa shape index (κ3) is 4.51. The fraction of sp³-hybridized carbons (Fsp3) is 0.538. The van der Waals surface area contributed by atoms with E-state index in [0.29, 0.717) is 0 Å². The zero-order valence-electron chi connectivity index (χ0n) is 11.0. The lowest BCUT2D eigenvalue weighted by atomic mass is 10.3. The quantitative estimate of drug-likeness (QED) is 0.877. The molecular weight excluding hydrogens is 291 g/mol. The van der Waals surface area contributed by atoms with Crippen molar-refractivity contribution in [1.82, 2.24) is 4.90 Å². The largest absolute Gasteiger partial charge is 0.475 e. The fourth-order valence-corrected chi connectivity index (χ4v) is 1.87. The highest BCUT2D eigenvalue weighted by atomic mass is 19.4. The van der Waals surface area contributed by atoms with Crippen molar-refractivity contribution in [1.29, 1.82) is 0 Å². The summed E-state index contributed by atoms with van der Waals surface area (Å²) < 4.78 is 41.8. The van der Waals surface area contributed by atoms with Gasteiger partial charge in [-0.05, 0) is 30.9 Å². The van der Waals surface area contributed by atoms with E-state index in [9.17, 15) is 22.8 Å². The summed E-state index contributed by atoms with van der Waals surface area (Å²) in [6.45, 7) is -0.222. The van der Waals surface area contributed by atoms with E-state index in [1.165, 1.54) is 6.07 Å². The van der Waals surface area contributed by atoms with E-state index in [1.54, 1.807) is 0 Å². The molecule has 0 saturated heterocycles. The first-order valence-electron chi connectivity index (χ1n) is 6.45. The van der Waals surface area contributed by atoms with E-state index in [4.69, 9.17) is 9.52 Å². The van der Waals surface area contributed by atoms with Gasteiger partial charge in [-0.2, -0.15) is 13.2 Å². The van der Waals surface area contributed by atoms with E-state index < -0.39 is 36.8 Å². The molecule has 1 aromatic heterocycles. The van der Waals surface area contributed by atoms with Crippen LogP contribution in [0, 0.1) is 5.92 Å². The molecule has 5 nitrogen and oxygen atoms in total. The van der Waals surface area contributed by atoms with Crippen molar-refractivity contribution in [2.45, 2.75) is 25.4 Å². The first-order valence-corrected chi connectivity index (χ1v) is 6.45. The Balaban J connectivity index is 2.06. The average Bonchev–Trinajstić information content (AvgIpc) is 3.04. The molecule has 1 aromatic rings. The van der Waals surface area contributed by atoms with Crippen LogP contribution in [0.2, 0.25) is 0 Å². The van der Waals surface area contributed by atoms with Crippen LogP contribution in [0.25, 0.3) is 0 Å². The molecule has 8 heteroatoms. The second-order valence-corrected chi connectivity index (χ2v) is 5.03. The summed E-state index contributed by atoms with van der Waals surface area (Å²) in [5, 5.41) is 8.72. The molecule has 0 bridgehead atoms. The van der Waals surface area contributed by atoms with E-state index in [-0.39, 0.29) is 18.2 Å². The second-order valence-electron chi connectivity index (χ2n) is 5.03.